The molecule has 0 saturated carbocycles. The summed E-state index contributed by atoms with van der Waals surface area (Å²) in [6.07, 6.45) is 8.91. The number of fused-ring (bicyclic) bond motifs is 2. The van der Waals surface area contributed by atoms with Gasteiger partial charge in [-0.1, -0.05) is 31.4 Å². The van der Waals surface area contributed by atoms with Crippen LogP contribution in [0, 0.1) is 0 Å². The third kappa shape index (κ3) is 4.56. The SMILES string of the molecule is O=c1c2ccccc2oc2ccc(OCCCCCCN3CCCCC3)cc12. The molecule has 1 aliphatic heterocycles. The number of rotatable bonds is 8. The van der Waals surface area contributed by atoms with E-state index >= 15 is 0 Å². The molecule has 4 nitrogen and oxygen atoms in total. The average molecular weight is 380 g/mol. The van der Waals surface area contributed by atoms with E-state index in [1.54, 1.807) is 6.07 Å². The van der Waals surface area contributed by atoms with Crippen molar-refractivity contribution in [2.45, 2.75) is 44.9 Å². The van der Waals surface area contributed by atoms with Crippen molar-refractivity contribution in [3.05, 3.63) is 52.7 Å². The molecule has 3 aromatic rings. The van der Waals surface area contributed by atoms with Crippen LogP contribution >= 0.6 is 0 Å². The predicted molar refractivity (Wildman–Crippen MR) is 114 cm³/mol. The Labute approximate surface area is 166 Å². The Morgan fingerprint density at radius 2 is 1.64 bits per heavy atom. The van der Waals surface area contributed by atoms with Crippen LogP contribution in [0.15, 0.2) is 51.7 Å². The second-order valence-electron chi connectivity index (χ2n) is 7.75. The standard InChI is InChI=1S/C24H29NO3/c26-24-20-10-4-5-11-22(20)28-23-13-12-19(18-21(23)24)27-17-9-2-1-6-14-25-15-7-3-8-16-25/h4-5,10-13,18H,1-3,6-9,14-17H2. The van der Waals surface area contributed by atoms with Gasteiger partial charge in [-0.2, -0.15) is 0 Å². The van der Waals surface area contributed by atoms with Gasteiger partial charge in [-0.05, 0) is 75.6 Å². The zero-order valence-corrected chi connectivity index (χ0v) is 16.5. The first-order valence-electron chi connectivity index (χ1n) is 10.6. The van der Waals surface area contributed by atoms with Gasteiger partial charge in [0.2, 0.25) is 5.43 Å². The number of likely N-dealkylation sites (tertiary alicyclic amines) is 1. The lowest BCUT2D eigenvalue weighted by molar-refractivity contribution is 0.223. The fourth-order valence-corrected chi connectivity index (χ4v) is 4.04. The minimum absolute atomic E-state index is 0.0000118. The van der Waals surface area contributed by atoms with Gasteiger partial charge in [0.1, 0.15) is 16.9 Å². The lowest BCUT2D eigenvalue weighted by atomic mass is 10.1. The van der Waals surface area contributed by atoms with Crippen LogP contribution in [0.3, 0.4) is 0 Å². The minimum Gasteiger partial charge on any atom is -0.494 e. The van der Waals surface area contributed by atoms with E-state index in [0.717, 1.165) is 12.2 Å². The Hall–Kier alpha value is -2.33. The first kappa shape index (κ1) is 19.0. The monoisotopic (exact) mass is 379 g/mol. The van der Waals surface area contributed by atoms with Gasteiger partial charge < -0.3 is 14.1 Å². The van der Waals surface area contributed by atoms with E-state index in [1.165, 1.54) is 58.2 Å². The van der Waals surface area contributed by atoms with Gasteiger partial charge in [-0.3, -0.25) is 4.79 Å². The molecule has 1 fully saturated rings. The lowest BCUT2D eigenvalue weighted by Crippen LogP contribution is -2.30. The third-order valence-electron chi connectivity index (χ3n) is 5.63. The molecule has 0 amide bonds. The highest BCUT2D eigenvalue weighted by Gasteiger charge is 2.09. The molecular formula is C24H29NO3. The van der Waals surface area contributed by atoms with Gasteiger partial charge in [-0.15, -0.1) is 0 Å². The molecule has 1 saturated heterocycles. The summed E-state index contributed by atoms with van der Waals surface area (Å²) in [5.74, 6) is 0.739. The van der Waals surface area contributed by atoms with E-state index in [2.05, 4.69) is 4.90 Å². The Balaban J connectivity index is 1.26. The molecule has 0 bridgehead atoms. The summed E-state index contributed by atoms with van der Waals surface area (Å²) in [5, 5.41) is 1.19. The summed E-state index contributed by atoms with van der Waals surface area (Å²) in [7, 11) is 0. The summed E-state index contributed by atoms with van der Waals surface area (Å²) >= 11 is 0. The van der Waals surface area contributed by atoms with Gasteiger partial charge >= 0.3 is 0 Å². The zero-order valence-electron chi connectivity index (χ0n) is 16.5. The van der Waals surface area contributed by atoms with Crippen molar-refractivity contribution in [1.82, 2.24) is 4.90 Å². The molecule has 0 atom stereocenters. The van der Waals surface area contributed by atoms with Crippen molar-refractivity contribution in [2.24, 2.45) is 0 Å². The van der Waals surface area contributed by atoms with Crippen LogP contribution in [-0.2, 0) is 0 Å². The van der Waals surface area contributed by atoms with E-state index in [-0.39, 0.29) is 5.43 Å². The summed E-state index contributed by atoms with van der Waals surface area (Å²) in [5.41, 5.74) is 1.23. The zero-order chi connectivity index (χ0) is 19.2. The van der Waals surface area contributed by atoms with E-state index in [4.69, 9.17) is 9.15 Å². The van der Waals surface area contributed by atoms with Crippen molar-refractivity contribution in [2.75, 3.05) is 26.2 Å². The number of para-hydroxylation sites is 1. The molecular weight excluding hydrogens is 350 g/mol. The molecule has 1 aromatic heterocycles. The third-order valence-corrected chi connectivity index (χ3v) is 5.63. The molecule has 0 aliphatic carbocycles. The summed E-state index contributed by atoms with van der Waals surface area (Å²) in [6.45, 7) is 4.51. The predicted octanol–water partition coefficient (Wildman–Crippen LogP) is 5.37. The highest BCUT2D eigenvalue weighted by atomic mass is 16.5. The van der Waals surface area contributed by atoms with Gasteiger partial charge in [0, 0.05) is 0 Å². The Bertz CT molecular complexity index is 972. The lowest BCUT2D eigenvalue weighted by Gasteiger charge is -2.26. The van der Waals surface area contributed by atoms with E-state index in [9.17, 15) is 4.79 Å². The number of piperidine rings is 1. The van der Waals surface area contributed by atoms with Crippen LogP contribution < -0.4 is 10.2 Å². The number of benzene rings is 2. The smallest absolute Gasteiger partial charge is 0.200 e. The van der Waals surface area contributed by atoms with Crippen LogP contribution in [0.5, 0.6) is 5.75 Å². The van der Waals surface area contributed by atoms with Crippen LogP contribution in [0.2, 0.25) is 0 Å². The van der Waals surface area contributed by atoms with Gasteiger partial charge in [-0.25, -0.2) is 0 Å². The first-order valence-corrected chi connectivity index (χ1v) is 10.6. The number of hydrogen-bond acceptors (Lipinski definition) is 4. The topological polar surface area (TPSA) is 42.7 Å². The molecule has 0 radical (unpaired) electrons. The largest absolute Gasteiger partial charge is 0.494 e. The maximum Gasteiger partial charge on any atom is 0.200 e. The fraction of sp³-hybridized carbons (Fsp3) is 0.458. The molecule has 4 heteroatoms. The van der Waals surface area contributed by atoms with Crippen molar-refractivity contribution >= 4 is 21.9 Å². The van der Waals surface area contributed by atoms with Crippen LogP contribution in [-0.4, -0.2) is 31.1 Å². The normalized spacial score (nSPS) is 15.3. The Morgan fingerprint density at radius 1 is 0.857 bits per heavy atom. The van der Waals surface area contributed by atoms with Crippen LogP contribution in [0.1, 0.15) is 44.9 Å². The first-order chi connectivity index (χ1) is 13.8. The van der Waals surface area contributed by atoms with E-state index in [1.807, 2.05) is 36.4 Å². The molecule has 2 heterocycles. The summed E-state index contributed by atoms with van der Waals surface area (Å²) in [6, 6.07) is 12.9. The maximum absolute atomic E-state index is 12.7. The van der Waals surface area contributed by atoms with Gasteiger partial charge in [0.15, 0.2) is 0 Å². The molecule has 0 spiro atoms. The van der Waals surface area contributed by atoms with Crippen molar-refractivity contribution < 1.29 is 9.15 Å². The van der Waals surface area contributed by atoms with Crippen molar-refractivity contribution in [1.29, 1.82) is 0 Å². The van der Waals surface area contributed by atoms with Crippen LogP contribution in [0.4, 0.5) is 0 Å². The number of ether oxygens (including phenoxy) is 1. The molecule has 2 aromatic carbocycles. The maximum atomic E-state index is 12.7. The molecule has 1 aliphatic rings. The molecule has 0 unspecified atom stereocenters. The number of unbranched alkanes of at least 4 members (excludes halogenated alkanes) is 3. The Kier molecular flexibility index (Phi) is 6.27. The quantitative estimate of drug-likeness (QED) is 0.390. The van der Waals surface area contributed by atoms with E-state index in [0.29, 0.717) is 28.5 Å². The highest BCUT2D eigenvalue weighted by molar-refractivity contribution is 5.90. The second kappa shape index (κ2) is 9.24. The van der Waals surface area contributed by atoms with E-state index < -0.39 is 0 Å². The number of hydrogen-bond donors (Lipinski definition) is 0. The summed E-state index contributed by atoms with van der Waals surface area (Å²) in [4.78, 5) is 15.3. The fourth-order valence-electron chi connectivity index (χ4n) is 4.04. The Morgan fingerprint density at radius 3 is 2.54 bits per heavy atom. The van der Waals surface area contributed by atoms with Crippen molar-refractivity contribution in [3.63, 3.8) is 0 Å². The minimum atomic E-state index is 0.0000118. The summed E-state index contributed by atoms with van der Waals surface area (Å²) < 4.78 is 11.7. The molecule has 0 N–H and O–H groups in total. The van der Waals surface area contributed by atoms with Crippen molar-refractivity contribution in [3.8, 4) is 5.75 Å². The highest BCUT2D eigenvalue weighted by Crippen LogP contribution is 2.22. The van der Waals surface area contributed by atoms with Crippen LogP contribution in [0.25, 0.3) is 21.9 Å². The molecule has 28 heavy (non-hydrogen) atoms. The molecule has 148 valence electrons. The molecule has 4 rings (SSSR count). The average Bonchev–Trinajstić information content (AvgIpc) is 2.74. The number of nitrogens with zero attached hydrogens (tertiary/aromatic N) is 1. The van der Waals surface area contributed by atoms with Gasteiger partial charge in [0.25, 0.3) is 0 Å². The second-order valence-corrected chi connectivity index (χ2v) is 7.75. The van der Waals surface area contributed by atoms with Gasteiger partial charge in [0.05, 0.1) is 17.4 Å².